The summed E-state index contributed by atoms with van der Waals surface area (Å²) in [4.78, 5) is 28.6. The molecule has 1 N–H and O–H groups in total. The fourth-order valence-electron chi connectivity index (χ4n) is 7.20. The van der Waals surface area contributed by atoms with Gasteiger partial charge in [0, 0.05) is 29.4 Å². The molecule has 4 nitrogen and oxygen atoms in total. The van der Waals surface area contributed by atoms with E-state index in [9.17, 15) is 9.59 Å². The maximum atomic E-state index is 13.4. The Balaban J connectivity index is 1.20. The van der Waals surface area contributed by atoms with Crippen molar-refractivity contribution >= 4 is 28.3 Å². The molecule has 34 heavy (non-hydrogen) atoms. The highest BCUT2D eigenvalue weighted by molar-refractivity contribution is 6.14. The Morgan fingerprint density at radius 2 is 1.65 bits per heavy atom. The van der Waals surface area contributed by atoms with E-state index in [1.54, 1.807) is 0 Å². The van der Waals surface area contributed by atoms with Crippen molar-refractivity contribution in [2.45, 2.75) is 58.9 Å². The van der Waals surface area contributed by atoms with Crippen LogP contribution in [0.15, 0.2) is 54.6 Å². The molecule has 6 rings (SSSR count). The number of amides is 2. The second kappa shape index (κ2) is 7.43. The molecule has 3 aliphatic rings. The average molecular weight is 453 g/mol. The lowest BCUT2D eigenvalue weighted by Crippen LogP contribution is -2.37. The number of benzene rings is 3. The van der Waals surface area contributed by atoms with Crippen LogP contribution >= 0.6 is 0 Å². The number of carbonyl (C=O) groups is 2. The Kier molecular flexibility index (Phi) is 4.68. The van der Waals surface area contributed by atoms with E-state index in [4.69, 9.17) is 0 Å². The molecule has 0 spiro atoms. The van der Waals surface area contributed by atoms with Crippen molar-refractivity contribution in [2.75, 3.05) is 11.9 Å². The molecule has 174 valence electrons. The Morgan fingerprint density at radius 3 is 2.41 bits per heavy atom. The molecule has 1 aliphatic heterocycles. The Morgan fingerprint density at radius 1 is 0.912 bits per heavy atom. The number of nitrogens with one attached hydrogen (secondary N) is 1. The fourth-order valence-corrected chi connectivity index (χ4v) is 7.20. The lowest BCUT2D eigenvalue weighted by molar-refractivity contribution is 0.0708. The van der Waals surface area contributed by atoms with Gasteiger partial charge in [0.1, 0.15) is 0 Å². The van der Waals surface area contributed by atoms with E-state index < -0.39 is 0 Å². The van der Waals surface area contributed by atoms with Gasteiger partial charge in [-0.1, -0.05) is 45.0 Å². The van der Waals surface area contributed by atoms with Crippen LogP contribution in [0.1, 0.15) is 71.9 Å². The number of likely N-dealkylation sites (tertiary alicyclic amines) is 1. The van der Waals surface area contributed by atoms with Crippen molar-refractivity contribution in [3.63, 3.8) is 0 Å². The van der Waals surface area contributed by atoms with E-state index in [2.05, 4.69) is 43.1 Å². The smallest absolute Gasteiger partial charge is 0.256 e. The van der Waals surface area contributed by atoms with Gasteiger partial charge in [0.15, 0.2) is 0 Å². The summed E-state index contributed by atoms with van der Waals surface area (Å²) < 4.78 is 0. The summed E-state index contributed by atoms with van der Waals surface area (Å²) in [7, 11) is 0. The van der Waals surface area contributed by atoms with Crippen LogP contribution in [0.5, 0.6) is 0 Å². The third kappa shape index (κ3) is 3.51. The molecule has 3 aromatic rings. The maximum Gasteiger partial charge on any atom is 0.256 e. The highest BCUT2D eigenvalue weighted by Gasteiger charge is 2.51. The highest BCUT2D eigenvalue weighted by Crippen LogP contribution is 2.52. The van der Waals surface area contributed by atoms with Crippen LogP contribution in [-0.2, 0) is 12.8 Å². The van der Waals surface area contributed by atoms with Gasteiger partial charge in [-0.25, -0.2) is 0 Å². The lowest BCUT2D eigenvalue weighted by Gasteiger charge is -2.39. The van der Waals surface area contributed by atoms with Gasteiger partial charge in [-0.05, 0) is 95.2 Å². The van der Waals surface area contributed by atoms with Crippen LogP contribution in [0.3, 0.4) is 0 Å². The van der Waals surface area contributed by atoms with Crippen molar-refractivity contribution in [3.8, 4) is 0 Å². The van der Waals surface area contributed by atoms with Crippen LogP contribution in [0.2, 0.25) is 0 Å². The number of hydrogen-bond donors (Lipinski definition) is 1. The standard InChI is InChI=1S/C30H32N2O2/c1-29(2)15-23-16-30(3,17-29)18-32(23)28(34)21-9-12-22(13-10-21)31-27(33)25-14-11-20-8-7-19-5-4-6-24(25)26(19)20/h4-6,9-14,23H,7-8,15-18H2,1-3H3,(H,31,33)/t23-,30-/m1/s1. The molecule has 4 heteroatoms. The molecule has 0 aromatic heterocycles. The number of carbonyl (C=O) groups excluding carboxylic acids is 2. The minimum atomic E-state index is -0.113. The van der Waals surface area contributed by atoms with E-state index in [0.717, 1.165) is 37.6 Å². The van der Waals surface area contributed by atoms with E-state index in [1.165, 1.54) is 22.9 Å². The second-order valence-electron chi connectivity index (χ2n) is 11.8. The van der Waals surface area contributed by atoms with E-state index in [-0.39, 0.29) is 22.6 Å². The summed E-state index contributed by atoms with van der Waals surface area (Å²) in [5, 5.41) is 5.30. The highest BCUT2D eigenvalue weighted by atomic mass is 16.2. The van der Waals surface area contributed by atoms with Gasteiger partial charge in [0.05, 0.1) is 0 Å². The van der Waals surface area contributed by atoms with Crippen LogP contribution in [0.25, 0.3) is 10.8 Å². The Labute approximate surface area is 201 Å². The number of nitrogens with zero attached hydrogens (tertiary/aromatic N) is 1. The zero-order valence-electron chi connectivity index (χ0n) is 20.3. The van der Waals surface area contributed by atoms with Crippen LogP contribution in [0, 0.1) is 10.8 Å². The molecular formula is C30H32N2O2. The van der Waals surface area contributed by atoms with Gasteiger partial charge < -0.3 is 10.2 Å². The molecule has 0 radical (unpaired) electrons. The molecule has 1 saturated carbocycles. The minimum absolute atomic E-state index is 0.108. The van der Waals surface area contributed by atoms with Gasteiger partial charge in [0.2, 0.25) is 0 Å². The Hall–Kier alpha value is -3.14. The number of anilines is 1. The largest absolute Gasteiger partial charge is 0.335 e. The normalized spacial score (nSPS) is 24.4. The van der Waals surface area contributed by atoms with Crippen molar-refractivity contribution in [3.05, 3.63) is 76.9 Å². The van der Waals surface area contributed by atoms with E-state index in [1.807, 2.05) is 42.5 Å². The molecule has 2 fully saturated rings. The predicted octanol–water partition coefficient (Wildman–Crippen LogP) is 6.23. The maximum absolute atomic E-state index is 13.4. The number of hydrogen-bond acceptors (Lipinski definition) is 2. The average Bonchev–Trinajstić information content (AvgIpc) is 3.32. The molecular weight excluding hydrogens is 420 g/mol. The number of fused-ring (bicyclic) bond motifs is 2. The van der Waals surface area contributed by atoms with Crippen molar-refractivity contribution in [2.24, 2.45) is 10.8 Å². The zero-order chi connectivity index (χ0) is 23.7. The first-order chi connectivity index (χ1) is 16.2. The number of aryl methyl sites for hydroxylation is 2. The van der Waals surface area contributed by atoms with E-state index >= 15 is 0 Å². The van der Waals surface area contributed by atoms with Crippen LogP contribution in [-0.4, -0.2) is 29.3 Å². The fraction of sp³-hybridized carbons (Fsp3) is 0.400. The number of rotatable bonds is 3. The third-order valence-electron chi connectivity index (χ3n) is 8.19. The minimum Gasteiger partial charge on any atom is -0.335 e. The molecule has 2 amide bonds. The second-order valence-corrected chi connectivity index (χ2v) is 11.8. The Bertz CT molecular complexity index is 1310. The van der Waals surface area contributed by atoms with Crippen molar-refractivity contribution in [1.29, 1.82) is 0 Å². The summed E-state index contributed by atoms with van der Waals surface area (Å²) in [5.41, 5.74) is 5.25. The van der Waals surface area contributed by atoms with Crippen molar-refractivity contribution in [1.82, 2.24) is 4.90 Å². The van der Waals surface area contributed by atoms with Crippen LogP contribution in [0.4, 0.5) is 5.69 Å². The first-order valence-electron chi connectivity index (χ1n) is 12.5. The summed E-state index contributed by atoms with van der Waals surface area (Å²) in [6, 6.07) is 18.0. The zero-order valence-corrected chi connectivity index (χ0v) is 20.3. The molecule has 2 bridgehead atoms. The molecule has 1 saturated heterocycles. The lowest BCUT2D eigenvalue weighted by atomic mass is 9.65. The van der Waals surface area contributed by atoms with Gasteiger partial charge >= 0.3 is 0 Å². The first-order valence-corrected chi connectivity index (χ1v) is 12.5. The summed E-state index contributed by atoms with van der Waals surface area (Å²) in [6.07, 6.45) is 5.42. The molecule has 2 aliphatic carbocycles. The topological polar surface area (TPSA) is 49.4 Å². The summed E-state index contributed by atoms with van der Waals surface area (Å²) in [5.74, 6) is -0.00465. The molecule has 2 atom stereocenters. The third-order valence-corrected chi connectivity index (χ3v) is 8.19. The van der Waals surface area contributed by atoms with Gasteiger partial charge in [0.25, 0.3) is 11.8 Å². The van der Waals surface area contributed by atoms with Crippen molar-refractivity contribution < 1.29 is 9.59 Å². The summed E-state index contributed by atoms with van der Waals surface area (Å²) in [6.45, 7) is 7.81. The molecule has 1 heterocycles. The van der Waals surface area contributed by atoms with E-state index in [0.29, 0.717) is 22.9 Å². The predicted molar refractivity (Wildman–Crippen MR) is 136 cm³/mol. The molecule has 0 unspecified atom stereocenters. The quantitative estimate of drug-likeness (QED) is 0.512. The first kappa shape index (κ1) is 21.4. The van der Waals surface area contributed by atoms with Gasteiger partial charge in [-0.3, -0.25) is 9.59 Å². The van der Waals surface area contributed by atoms with Gasteiger partial charge in [-0.15, -0.1) is 0 Å². The van der Waals surface area contributed by atoms with Gasteiger partial charge in [-0.2, -0.15) is 0 Å². The summed E-state index contributed by atoms with van der Waals surface area (Å²) >= 11 is 0. The molecule has 3 aromatic carbocycles. The monoisotopic (exact) mass is 452 g/mol. The SMILES string of the molecule is CC1(C)C[C@@H]2C[C@@](C)(CN2C(=O)c2ccc(NC(=O)c3ccc4c5c(cccc35)CC4)cc2)C1. The van der Waals surface area contributed by atoms with Crippen LogP contribution < -0.4 is 5.32 Å².